The SMILES string of the molecule is CC/C=C\C/C=C\C/C=C\C/C=C\C/C=C\CCCCCCCCCCCCCCCCCCCCCCCC(=O)OC(COC(=O)CCCCCCCCCCCCCCCCCCCCCCCCCCCCCCC/C=C\C/C=C\CCCCCCC)COP(=O)([O-])OCC[N+](C)(C)C. The van der Waals surface area contributed by atoms with Crippen molar-refractivity contribution in [2.24, 2.45) is 0 Å². The van der Waals surface area contributed by atoms with Crippen molar-refractivity contribution in [3.63, 3.8) is 0 Å². The van der Waals surface area contributed by atoms with E-state index in [9.17, 15) is 19.0 Å². The summed E-state index contributed by atoms with van der Waals surface area (Å²) in [4.78, 5) is 38.3. The molecule has 0 aromatic heterocycles. The second kappa shape index (κ2) is 82.3. The minimum absolute atomic E-state index is 0.0291. The number of quaternary nitrogens is 1. The van der Waals surface area contributed by atoms with Gasteiger partial charge in [-0.15, -0.1) is 0 Å². The Hall–Kier alpha value is -2.81. The van der Waals surface area contributed by atoms with Crippen molar-refractivity contribution >= 4 is 19.8 Å². The lowest BCUT2D eigenvalue weighted by Gasteiger charge is -2.28. The molecular formula is C92H170NO8P. The van der Waals surface area contributed by atoms with E-state index < -0.39 is 26.5 Å². The molecule has 0 spiro atoms. The average molecular weight is 1450 g/mol. The molecule has 0 aromatic carbocycles. The monoisotopic (exact) mass is 1450 g/mol. The lowest BCUT2D eigenvalue weighted by Crippen LogP contribution is -2.37. The van der Waals surface area contributed by atoms with Crippen molar-refractivity contribution in [2.45, 2.75) is 444 Å². The number of likely N-dealkylation sites (N-methyl/N-ethyl adjacent to an activating group) is 1. The van der Waals surface area contributed by atoms with Crippen LogP contribution in [0.5, 0.6) is 0 Å². The number of nitrogens with zero attached hydrogens (tertiary/aromatic N) is 1. The summed E-state index contributed by atoms with van der Waals surface area (Å²) in [6, 6.07) is 0. The quantitative estimate of drug-likeness (QED) is 0.0195. The van der Waals surface area contributed by atoms with Crippen LogP contribution in [-0.4, -0.2) is 70.0 Å². The molecule has 2 unspecified atom stereocenters. The lowest BCUT2D eigenvalue weighted by atomic mass is 10.0. The van der Waals surface area contributed by atoms with E-state index in [2.05, 4.69) is 98.9 Å². The smallest absolute Gasteiger partial charge is 0.306 e. The predicted molar refractivity (Wildman–Crippen MR) is 443 cm³/mol. The molecular weight excluding hydrogens is 1280 g/mol. The van der Waals surface area contributed by atoms with Crippen molar-refractivity contribution in [1.29, 1.82) is 0 Å². The number of rotatable bonds is 83. The van der Waals surface area contributed by atoms with E-state index in [4.69, 9.17) is 18.5 Å². The second-order valence-electron chi connectivity index (χ2n) is 31.2. The van der Waals surface area contributed by atoms with Gasteiger partial charge in [-0.2, -0.15) is 0 Å². The third-order valence-corrected chi connectivity index (χ3v) is 20.9. The zero-order valence-electron chi connectivity index (χ0n) is 68.3. The number of esters is 2. The van der Waals surface area contributed by atoms with Gasteiger partial charge in [0.25, 0.3) is 7.82 Å². The Morgan fingerprint density at radius 1 is 0.314 bits per heavy atom. The highest BCUT2D eigenvalue weighted by molar-refractivity contribution is 7.45. The van der Waals surface area contributed by atoms with Gasteiger partial charge in [-0.3, -0.25) is 14.2 Å². The number of phosphoric acid groups is 1. The first-order valence-electron chi connectivity index (χ1n) is 44.3. The molecule has 0 radical (unpaired) electrons. The molecule has 0 aromatic rings. The van der Waals surface area contributed by atoms with Gasteiger partial charge in [-0.1, -0.05) is 420 Å². The van der Waals surface area contributed by atoms with Crippen molar-refractivity contribution in [2.75, 3.05) is 47.5 Å². The van der Waals surface area contributed by atoms with Crippen LogP contribution < -0.4 is 4.89 Å². The zero-order valence-corrected chi connectivity index (χ0v) is 69.2. The molecule has 102 heavy (non-hydrogen) atoms. The zero-order chi connectivity index (χ0) is 74.0. The van der Waals surface area contributed by atoms with Crippen LogP contribution >= 0.6 is 7.82 Å². The van der Waals surface area contributed by atoms with Crippen molar-refractivity contribution in [1.82, 2.24) is 0 Å². The Morgan fingerprint density at radius 3 is 0.833 bits per heavy atom. The number of phosphoric ester groups is 1. The largest absolute Gasteiger partial charge is 0.756 e. The molecule has 0 N–H and O–H groups in total. The third-order valence-electron chi connectivity index (χ3n) is 19.9. The molecule has 0 fully saturated rings. The Balaban J connectivity index is 3.85. The molecule has 0 aliphatic rings. The van der Waals surface area contributed by atoms with E-state index in [1.165, 1.54) is 334 Å². The number of ether oxygens (including phenoxy) is 2. The van der Waals surface area contributed by atoms with Crippen LogP contribution in [0.3, 0.4) is 0 Å². The molecule has 0 saturated carbocycles. The number of unbranched alkanes of at least 4 members (excludes halogenated alkanes) is 55. The van der Waals surface area contributed by atoms with Gasteiger partial charge in [0.1, 0.15) is 19.8 Å². The fraction of sp³-hybridized carbons (Fsp3) is 0.826. The van der Waals surface area contributed by atoms with E-state index in [1.54, 1.807) is 0 Å². The number of carbonyl (C=O) groups is 2. The summed E-state index contributed by atoms with van der Waals surface area (Å²) in [5.74, 6) is -0.809. The first-order valence-corrected chi connectivity index (χ1v) is 45.8. The van der Waals surface area contributed by atoms with E-state index in [-0.39, 0.29) is 32.0 Å². The lowest BCUT2D eigenvalue weighted by molar-refractivity contribution is -0.870. The molecule has 10 heteroatoms. The molecule has 0 rings (SSSR count). The highest BCUT2D eigenvalue weighted by atomic mass is 31.2. The molecule has 0 saturated heterocycles. The van der Waals surface area contributed by atoms with Gasteiger partial charge >= 0.3 is 11.9 Å². The van der Waals surface area contributed by atoms with E-state index >= 15 is 0 Å². The molecule has 2 atom stereocenters. The molecule has 9 nitrogen and oxygen atoms in total. The van der Waals surface area contributed by atoms with Crippen molar-refractivity contribution in [3.05, 3.63) is 85.1 Å². The standard InChI is InChI=1S/C92H170NO8P/c1-6-8-10-12-14-16-18-20-22-24-26-28-30-32-34-36-38-40-42-44-45-46-47-49-50-52-54-56-58-60-62-64-66-68-70-72-74-76-78-80-82-84-91(94)98-88-90(89-100-102(96,97)99-87-86-93(3,4)5)101-92(95)85-83-81-79-77-75-73-71-69-67-65-63-61-59-57-55-53-51-48-43-41-39-37-35-33-31-29-27-25-23-21-19-17-15-13-11-9-7-2/h9,11,15,17-18,20-21,23-24,26-27,29,33,35,90H,6-8,10,12-14,16,19,22,25,28,30-32,34,36-89H2,1-5H3/b11-9-,17-15-,20-18-,23-21-,26-24-,29-27-,35-33-. The number of hydrogen-bond acceptors (Lipinski definition) is 8. The maximum absolute atomic E-state index is 12.9. The third kappa shape index (κ3) is 86.1. The van der Waals surface area contributed by atoms with Crippen LogP contribution in [-0.2, 0) is 32.7 Å². The van der Waals surface area contributed by atoms with Crippen LogP contribution in [0.25, 0.3) is 0 Å². The molecule has 0 aliphatic carbocycles. The summed E-state index contributed by atoms with van der Waals surface area (Å²) >= 11 is 0. The van der Waals surface area contributed by atoms with Crippen LogP contribution in [0.15, 0.2) is 85.1 Å². The van der Waals surface area contributed by atoms with E-state index in [0.29, 0.717) is 17.4 Å². The first-order chi connectivity index (χ1) is 50.0. The summed E-state index contributed by atoms with van der Waals surface area (Å²) in [5.41, 5.74) is 0. The van der Waals surface area contributed by atoms with Crippen molar-refractivity contribution < 1.29 is 42.1 Å². The summed E-state index contributed by atoms with van der Waals surface area (Å²) in [5, 5.41) is 0. The molecule has 596 valence electrons. The molecule has 0 bridgehead atoms. The highest BCUT2D eigenvalue weighted by Crippen LogP contribution is 2.38. The Kier molecular flexibility index (Phi) is 80.0. The average Bonchev–Trinajstić information content (AvgIpc) is 0.913. The van der Waals surface area contributed by atoms with Crippen LogP contribution in [0.1, 0.15) is 438 Å². The first kappa shape index (κ1) is 99.2. The predicted octanol–water partition coefficient (Wildman–Crippen LogP) is 29.3. The maximum Gasteiger partial charge on any atom is 0.306 e. The maximum atomic E-state index is 12.9. The summed E-state index contributed by atoms with van der Waals surface area (Å²) in [7, 11) is 1.19. The van der Waals surface area contributed by atoms with Gasteiger partial charge in [-0.05, 0) is 89.9 Å². The van der Waals surface area contributed by atoms with Gasteiger partial charge in [0.2, 0.25) is 0 Å². The summed E-state index contributed by atoms with van der Waals surface area (Å²) in [6.07, 6.45) is 115. The minimum atomic E-state index is -4.65. The summed E-state index contributed by atoms with van der Waals surface area (Å²) in [6.45, 7) is 4.19. The highest BCUT2D eigenvalue weighted by Gasteiger charge is 2.22. The molecule has 0 aliphatic heterocycles. The minimum Gasteiger partial charge on any atom is -0.756 e. The van der Waals surface area contributed by atoms with Crippen molar-refractivity contribution in [3.8, 4) is 0 Å². The number of hydrogen-bond donors (Lipinski definition) is 0. The van der Waals surface area contributed by atoms with Gasteiger partial charge in [0.05, 0.1) is 27.7 Å². The number of allylic oxidation sites excluding steroid dienone is 14. The Bertz CT molecular complexity index is 2000. The van der Waals surface area contributed by atoms with Gasteiger partial charge in [0.15, 0.2) is 6.10 Å². The molecule has 0 amide bonds. The fourth-order valence-electron chi connectivity index (χ4n) is 13.2. The van der Waals surface area contributed by atoms with Crippen LogP contribution in [0.4, 0.5) is 0 Å². The van der Waals surface area contributed by atoms with Crippen LogP contribution in [0.2, 0.25) is 0 Å². The second-order valence-corrected chi connectivity index (χ2v) is 32.6. The van der Waals surface area contributed by atoms with Gasteiger partial charge < -0.3 is 27.9 Å². The van der Waals surface area contributed by atoms with E-state index in [0.717, 1.165) is 70.6 Å². The normalized spacial score (nSPS) is 13.4. The van der Waals surface area contributed by atoms with Crippen LogP contribution in [0, 0.1) is 0 Å². The Labute approximate surface area is 634 Å². The summed E-state index contributed by atoms with van der Waals surface area (Å²) < 4.78 is 34.5. The Morgan fingerprint density at radius 2 is 0.559 bits per heavy atom. The molecule has 0 heterocycles. The fourth-order valence-corrected chi connectivity index (χ4v) is 13.9. The van der Waals surface area contributed by atoms with E-state index in [1.807, 2.05) is 21.1 Å². The topological polar surface area (TPSA) is 111 Å². The van der Waals surface area contributed by atoms with Gasteiger partial charge in [0, 0.05) is 12.8 Å². The van der Waals surface area contributed by atoms with Gasteiger partial charge in [-0.25, -0.2) is 0 Å². The number of carbonyl (C=O) groups excluding carboxylic acids is 2.